The second-order valence-electron chi connectivity index (χ2n) is 7.28. The summed E-state index contributed by atoms with van der Waals surface area (Å²) in [5.41, 5.74) is -0.556. The Labute approximate surface area is 168 Å². The number of allylic oxidation sites excluding steroid dienone is 2. The van der Waals surface area contributed by atoms with Gasteiger partial charge in [0.05, 0.1) is 12.0 Å². The highest BCUT2D eigenvalue weighted by Crippen LogP contribution is 2.39. The highest BCUT2D eigenvalue weighted by atomic mass is 32.2. The molecule has 1 unspecified atom stereocenters. The minimum Gasteiger partial charge on any atom is -0.469 e. The molecular weight excluding hydrogens is 360 g/mol. The minimum atomic E-state index is -1.10. The van der Waals surface area contributed by atoms with Gasteiger partial charge in [-0.15, -0.1) is 11.8 Å². The molecule has 0 bridgehead atoms. The van der Waals surface area contributed by atoms with Crippen LogP contribution in [0.15, 0.2) is 22.6 Å². The fourth-order valence-corrected chi connectivity index (χ4v) is 4.04. The third kappa shape index (κ3) is 8.22. The van der Waals surface area contributed by atoms with Crippen molar-refractivity contribution in [2.24, 2.45) is 0 Å². The van der Waals surface area contributed by atoms with Crippen LogP contribution in [0.4, 0.5) is 0 Å². The van der Waals surface area contributed by atoms with E-state index in [4.69, 9.17) is 0 Å². The summed E-state index contributed by atoms with van der Waals surface area (Å²) < 4.78 is 4.63. The molecule has 0 spiro atoms. The summed E-state index contributed by atoms with van der Waals surface area (Å²) in [6.45, 7) is 2.20. The third-order valence-corrected chi connectivity index (χ3v) is 5.84. The highest BCUT2D eigenvalue weighted by Gasteiger charge is 2.40. The van der Waals surface area contributed by atoms with Gasteiger partial charge in [-0.1, -0.05) is 51.5 Å². The number of hydrogen-bond donors (Lipinski definition) is 1. The Kier molecular flexibility index (Phi) is 11.7. The second kappa shape index (κ2) is 13.2. The van der Waals surface area contributed by atoms with Crippen LogP contribution in [0, 0.1) is 0 Å². The van der Waals surface area contributed by atoms with E-state index in [1.807, 2.05) is 12.3 Å². The summed E-state index contributed by atoms with van der Waals surface area (Å²) in [7, 11) is 1.40. The van der Waals surface area contributed by atoms with Crippen molar-refractivity contribution in [3.63, 3.8) is 0 Å². The lowest BCUT2D eigenvalue weighted by Gasteiger charge is -2.22. The van der Waals surface area contributed by atoms with Crippen LogP contribution >= 0.6 is 11.8 Å². The summed E-state index contributed by atoms with van der Waals surface area (Å²) in [5.74, 6) is -0.202. The van der Waals surface area contributed by atoms with E-state index in [9.17, 15) is 14.7 Å². The molecule has 0 aromatic rings. The minimum absolute atomic E-state index is 0.0226. The van der Waals surface area contributed by atoms with Gasteiger partial charge in [0.1, 0.15) is 5.60 Å². The van der Waals surface area contributed by atoms with Gasteiger partial charge in [-0.05, 0) is 44.4 Å². The number of hydrogen-bond acceptors (Lipinski definition) is 5. The van der Waals surface area contributed by atoms with Crippen LogP contribution in [-0.4, -0.2) is 35.8 Å². The van der Waals surface area contributed by atoms with Gasteiger partial charge in [0.25, 0.3) is 0 Å². The van der Waals surface area contributed by atoms with Gasteiger partial charge in [0, 0.05) is 12.0 Å². The molecule has 0 amide bonds. The Morgan fingerprint density at radius 2 is 1.81 bits per heavy atom. The quantitative estimate of drug-likeness (QED) is 0.244. The number of ketones is 1. The molecule has 0 fully saturated rings. The van der Waals surface area contributed by atoms with Crippen molar-refractivity contribution in [3.8, 4) is 0 Å². The van der Waals surface area contributed by atoms with Gasteiger partial charge in [-0.2, -0.15) is 0 Å². The Hall–Kier alpha value is -1.07. The topological polar surface area (TPSA) is 63.6 Å². The number of methoxy groups -OCH3 is 1. The van der Waals surface area contributed by atoms with Gasteiger partial charge >= 0.3 is 5.97 Å². The van der Waals surface area contributed by atoms with Crippen molar-refractivity contribution in [1.29, 1.82) is 0 Å². The van der Waals surface area contributed by atoms with Crippen molar-refractivity contribution in [2.45, 2.75) is 89.6 Å². The Bertz CT molecular complexity index is 538. The fourth-order valence-electron chi connectivity index (χ4n) is 3.43. The molecule has 1 aliphatic rings. The summed E-state index contributed by atoms with van der Waals surface area (Å²) >= 11 is 1.41. The third-order valence-electron chi connectivity index (χ3n) is 5.10. The lowest BCUT2D eigenvalue weighted by Crippen LogP contribution is -2.28. The van der Waals surface area contributed by atoms with Crippen molar-refractivity contribution < 1.29 is 19.4 Å². The molecule has 1 atom stereocenters. The number of esters is 1. The van der Waals surface area contributed by atoms with Crippen LogP contribution in [-0.2, 0) is 14.3 Å². The van der Waals surface area contributed by atoms with Crippen molar-refractivity contribution in [2.75, 3.05) is 13.4 Å². The first kappa shape index (κ1) is 24.0. The molecule has 5 heteroatoms. The van der Waals surface area contributed by atoms with E-state index in [1.165, 1.54) is 44.6 Å². The number of aliphatic hydroxyl groups is 1. The van der Waals surface area contributed by atoms with Crippen LogP contribution in [0.2, 0.25) is 0 Å². The first-order chi connectivity index (χ1) is 13.0. The average Bonchev–Trinajstić information content (AvgIpc) is 2.91. The fraction of sp³-hybridized carbons (Fsp3) is 0.727. The molecular formula is C22H36O4S. The molecule has 0 saturated carbocycles. The van der Waals surface area contributed by atoms with Crippen LogP contribution in [0.5, 0.6) is 0 Å². The number of ether oxygens (including phenoxy) is 1. The van der Waals surface area contributed by atoms with E-state index in [2.05, 4.69) is 11.7 Å². The van der Waals surface area contributed by atoms with Gasteiger partial charge in [0.15, 0.2) is 5.78 Å². The molecule has 154 valence electrons. The molecule has 0 radical (unpaired) electrons. The SMILES string of the molecule is CCCCCCCCC1(O)C=C(SC)C(=O)/C1=C\CCCCCC(=O)OC. The molecule has 1 aliphatic carbocycles. The number of carbonyl (C=O) groups is 2. The molecule has 0 aromatic heterocycles. The van der Waals surface area contributed by atoms with E-state index in [0.29, 0.717) is 23.3 Å². The normalized spacial score (nSPS) is 21.0. The molecule has 27 heavy (non-hydrogen) atoms. The second-order valence-corrected chi connectivity index (χ2v) is 8.13. The van der Waals surface area contributed by atoms with E-state index in [1.54, 1.807) is 6.08 Å². The van der Waals surface area contributed by atoms with E-state index in [0.717, 1.165) is 38.5 Å². The standard InChI is InChI=1S/C22H36O4S/c1-4-5-6-7-10-13-16-22(25)17-19(27-3)21(24)18(22)14-11-8-9-12-15-20(23)26-2/h14,17,25H,4-13,15-16H2,1-3H3/b18-14+. The number of rotatable bonds is 14. The lowest BCUT2D eigenvalue weighted by molar-refractivity contribution is -0.140. The van der Waals surface area contributed by atoms with E-state index < -0.39 is 5.60 Å². The van der Waals surface area contributed by atoms with Gasteiger partial charge in [-0.25, -0.2) is 0 Å². The van der Waals surface area contributed by atoms with Gasteiger partial charge in [-0.3, -0.25) is 9.59 Å². The number of thioether (sulfide) groups is 1. The maximum Gasteiger partial charge on any atom is 0.305 e. The lowest BCUT2D eigenvalue weighted by atomic mass is 9.89. The molecule has 0 aromatic carbocycles. The maximum atomic E-state index is 12.6. The number of Topliss-reactive ketones (excluding diaryl/α,β-unsaturated/α-hetero) is 1. The first-order valence-electron chi connectivity index (χ1n) is 10.3. The van der Waals surface area contributed by atoms with E-state index in [-0.39, 0.29) is 11.8 Å². The largest absolute Gasteiger partial charge is 0.469 e. The van der Waals surface area contributed by atoms with Crippen molar-refractivity contribution >= 4 is 23.5 Å². The van der Waals surface area contributed by atoms with Crippen molar-refractivity contribution in [1.82, 2.24) is 0 Å². The molecule has 1 rings (SSSR count). The van der Waals surface area contributed by atoms with Crippen molar-refractivity contribution in [3.05, 3.63) is 22.6 Å². The molecule has 0 heterocycles. The zero-order chi connectivity index (χ0) is 20.1. The number of unbranched alkanes of at least 4 members (excludes halogenated alkanes) is 8. The number of carbonyl (C=O) groups excluding carboxylic acids is 2. The molecule has 0 aliphatic heterocycles. The van der Waals surface area contributed by atoms with Crippen LogP contribution in [0.1, 0.15) is 84.0 Å². The van der Waals surface area contributed by atoms with Crippen LogP contribution in [0.25, 0.3) is 0 Å². The highest BCUT2D eigenvalue weighted by molar-refractivity contribution is 8.03. The molecule has 4 nitrogen and oxygen atoms in total. The van der Waals surface area contributed by atoms with Crippen LogP contribution in [0.3, 0.4) is 0 Å². The van der Waals surface area contributed by atoms with Gasteiger partial charge < -0.3 is 9.84 Å². The first-order valence-corrected chi connectivity index (χ1v) is 11.5. The predicted molar refractivity (Wildman–Crippen MR) is 113 cm³/mol. The Morgan fingerprint density at radius 1 is 1.15 bits per heavy atom. The average molecular weight is 397 g/mol. The van der Waals surface area contributed by atoms with E-state index >= 15 is 0 Å². The maximum absolute atomic E-state index is 12.6. The predicted octanol–water partition coefficient (Wildman–Crippen LogP) is 5.35. The molecule has 0 saturated heterocycles. The molecule has 1 N–H and O–H groups in total. The summed E-state index contributed by atoms with van der Waals surface area (Å²) in [6.07, 6.45) is 16.9. The summed E-state index contributed by atoms with van der Waals surface area (Å²) in [6, 6.07) is 0. The smallest absolute Gasteiger partial charge is 0.305 e. The zero-order valence-corrected chi connectivity index (χ0v) is 18.0. The summed E-state index contributed by atoms with van der Waals surface area (Å²) in [5, 5.41) is 11.1. The summed E-state index contributed by atoms with van der Waals surface area (Å²) in [4.78, 5) is 24.4. The monoisotopic (exact) mass is 396 g/mol. The zero-order valence-electron chi connectivity index (χ0n) is 17.2. The van der Waals surface area contributed by atoms with Crippen LogP contribution < -0.4 is 0 Å². The van der Waals surface area contributed by atoms with Gasteiger partial charge in [0.2, 0.25) is 0 Å². The Balaban J connectivity index is 2.52. The Morgan fingerprint density at radius 3 is 2.48 bits per heavy atom.